The summed E-state index contributed by atoms with van der Waals surface area (Å²) < 4.78 is 6.80. The van der Waals surface area contributed by atoms with E-state index in [2.05, 4.69) is 10.4 Å². The monoisotopic (exact) mass is 377 g/mol. The van der Waals surface area contributed by atoms with Crippen molar-refractivity contribution < 1.29 is 14.3 Å². The molecule has 0 aliphatic carbocycles. The molecular formula is C19H24ClN3O3. The largest absolute Gasteiger partial charge is 0.449 e. The third-order valence-corrected chi connectivity index (χ3v) is 4.19. The SMILES string of the molecule is Cc1ccc(Cn2nc(C)c(C(=O)O[C@H](C)C(=O)NC(C)C)c2Cl)cc1. The van der Waals surface area contributed by atoms with E-state index in [0.717, 1.165) is 11.1 Å². The first-order valence-corrected chi connectivity index (χ1v) is 8.86. The summed E-state index contributed by atoms with van der Waals surface area (Å²) >= 11 is 6.35. The van der Waals surface area contributed by atoms with Gasteiger partial charge in [0, 0.05) is 6.04 Å². The standard InChI is InChI=1S/C19H24ClN3O3/c1-11(2)21-18(24)14(5)26-19(25)16-13(4)22-23(17(16)20)10-15-8-6-12(3)7-9-15/h6-9,11,14H,10H2,1-5H3,(H,21,24)/t14-/m1/s1. The first kappa shape index (κ1) is 20.0. The van der Waals surface area contributed by atoms with Gasteiger partial charge in [-0.15, -0.1) is 0 Å². The Balaban J connectivity index is 2.14. The molecule has 0 unspecified atom stereocenters. The Morgan fingerprint density at radius 2 is 1.81 bits per heavy atom. The smallest absolute Gasteiger partial charge is 0.343 e. The van der Waals surface area contributed by atoms with Crippen LogP contribution < -0.4 is 5.32 Å². The van der Waals surface area contributed by atoms with Gasteiger partial charge in [0.2, 0.25) is 0 Å². The second-order valence-electron chi connectivity index (χ2n) is 6.61. The maximum atomic E-state index is 12.5. The number of hydrogen-bond donors (Lipinski definition) is 1. The molecule has 1 aromatic heterocycles. The number of ether oxygens (including phenoxy) is 1. The second-order valence-corrected chi connectivity index (χ2v) is 6.96. The van der Waals surface area contributed by atoms with E-state index in [1.54, 1.807) is 11.6 Å². The average Bonchev–Trinajstić information content (AvgIpc) is 2.82. The zero-order valence-corrected chi connectivity index (χ0v) is 16.4. The van der Waals surface area contributed by atoms with Gasteiger partial charge in [-0.3, -0.25) is 4.79 Å². The molecule has 6 nitrogen and oxygen atoms in total. The maximum Gasteiger partial charge on any atom is 0.343 e. The molecule has 1 heterocycles. The molecule has 1 aromatic carbocycles. The number of benzene rings is 1. The van der Waals surface area contributed by atoms with Crippen molar-refractivity contribution in [3.63, 3.8) is 0 Å². The first-order chi connectivity index (χ1) is 12.2. The lowest BCUT2D eigenvalue weighted by Crippen LogP contribution is -2.39. The summed E-state index contributed by atoms with van der Waals surface area (Å²) in [5.74, 6) is -1.01. The molecule has 140 valence electrons. The van der Waals surface area contributed by atoms with Gasteiger partial charge in [-0.25, -0.2) is 9.48 Å². The van der Waals surface area contributed by atoms with E-state index >= 15 is 0 Å². The molecule has 1 N–H and O–H groups in total. The van der Waals surface area contributed by atoms with Gasteiger partial charge in [0.25, 0.3) is 5.91 Å². The van der Waals surface area contributed by atoms with Gasteiger partial charge in [0.05, 0.1) is 12.2 Å². The Morgan fingerprint density at radius 1 is 1.19 bits per heavy atom. The molecule has 0 bridgehead atoms. The lowest BCUT2D eigenvalue weighted by Gasteiger charge is -2.15. The highest BCUT2D eigenvalue weighted by Gasteiger charge is 2.26. The zero-order valence-electron chi connectivity index (χ0n) is 15.7. The molecule has 0 radical (unpaired) electrons. The minimum absolute atomic E-state index is 0.0359. The Labute approximate surface area is 158 Å². The topological polar surface area (TPSA) is 73.2 Å². The van der Waals surface area contributed by atoms with Gasteiger partial charge in [-0.1, -0.05) is 41.4 Å². The van der Waals surface area contributed by atoms with Crippen LogP contribution in [0.3, 0.4) is 0 Å². The number of carbonyl (C=O) groups excluding carboxylic acids is 2. The number of nitrogens with one attached hydrogen (secondary N) is 1. The van der Waals surface area contributed by atoms with Crippen LogP contribution in [0.2, 0.25) is 5.15 Å². The highest BCUT2D eigenvalue weighted by atomic mass is 35.5. The predicted molar refractivity (Wildman–Crippen MR) is 100 cm³/mol. The van der Waals surface area contributed by atoms with Crippen molar-refractivity contribution in [1.29, 1.82) is 0 Å². The van der Waals surface area contributed by atoms with Crippen molar-refractivity contribution in [2.24, 2.45) is 0 Å². The minimum Gasteiger partial charge on any atom is -0.449 e. The van der Waals surface area contributed by atoms with Crippen LogP contribution in [0.15, 0.2) is 24.3 Å². The zero-order chi connectivity index (χ0) is 19.4. The minimum atomic E-state index is -0.916. The third-order valence-electron chi connectivity index (χ3n) is 3.81. The molecule has 1 amide bonds. The third kappa shape index (κ3) is 4.85. The van der Waals surface area contributed by atoms with Crippen LogP contribution in [-0.4, -0.2) is 33.8 Å². The molecule has 0 saturated carbocycles. The van der Waals surface area contributed by atoms with Crippen molar-refractivity contribution in [3.8, 4) is 0 Å². The molecule has 1 atom stereocenters. The summed E-state index contributed by atoms with van der Waals surface area (Å²) in [7, 11) is 0. The van der Waals surface area contributed by atoms with Crippen LogP contribution in [0.1, 0.15) is 48.0 Å². The number of hydrogen-bond acceptors (Lipinski definition) is 4. The van der Waals surface area contributed by atoms with E-state index in [1.165, 1.54) is 6.92 Å². The van der Waals surface area contributed by atoms with E-state index in [-0.39, 0.29) is 22.7 Å². The lowest BCUT2D eigenvalue weighted by atomic mass is 10.1. The summed E-state index contributed by atoms with van der Waals surface area (Å²) in [5, 5.41) is 7.23. The molecule has 2 aromatic rings. The molecule has 0 aliphatic rings. The van der Waals surface area contributed by atoms with E-state index in [9.17, 15) is 9.59 Å². The average molecular weight is 378 g/mol. The van der Waals surface area contributed by atoms with Crippen molar-refractivity contribution in [1.82, 2.24) is 15.1 Å². The van der Waals surface area contributed by atoms with Crippen LogP contribution in [0.4, 0.5) is 0 Å². The van der Waals surface area contributed by atoms with Crippen LogP contribution in [0, 0.1) is 13.8 Å². The van der Waals surface area contributed by atoms with E-state index < -0.39 is 12.1 Å². The van der Waals surface area contributed by atoms with E-state index in [0.29, 0.717) is 12.2 Å². The Hall–Kier alpha value is -2.34. The van der Waals surface area contributed by atoms with Crippen molar-refractivity contribution in [2.75, 3.05) is 0 Å². The summed E-state index contributed by atoms with van der Waals surface area (Å²) in [5.41, 5.74) is 2.82. The van der Waals surface area contributed by atoms with Crippen molar-refractivity contribution >= 4 is 23.5 Å². The van der Waals surface area contributed by atoms with Gasteiger partial charge in [-0.05, 0) is 40.2 Å². The highest BCUT2D eigenvalue weighted by molar-refractivity contribution is 6.32. The summed E-state index contributed by atoms with van der Waals surface area (Å²) in [6, 6.07) is 7.94. The fourth-order valence-electron chi connectivity index (χ4n) is 2.43. The van der Waals surface area contributed by atoms with Crippen molar-refractivity contribution in [2.45, 2.75) is 53.3 Å². The van der Waals surface area contributed by atoms with Gasteiger partial charge in [0.1, 0.15) is 10.7 Å². The molecule has 26 heavy (non-hydrogen) atoms. The second kappa shape index (κ2) is 8.36. The molecule has 0 aliphatic heterocycles. The number of esters is 1. The predicted octanol–water partition coefficient (Wildman–Crippen LogP) is 3.27. The number of aryl methyl sites for hydroxylation is 2. The molecule has 2 rings (SSSR count). The van der Waals surface area contributed by atoms with Crippen LogP contribution >= 0.6 is 11.6 Å². The molecule has 0 saturated heterocycles. The fraction of sp³-hybridized carbons (Fsp3) is 0.421. The normalized spacial score (nSPS) is 12.1. The Morgan fingerprint density at radius 3 is 2.38 bits per heavy atom. The number of aromatic nitrogens is 2. The number of nitrogens with zero attached hydrogens (tertiary/aromatic N) is 2. The van der Waals surface area contributed by atoms with E-state index in [1.807, 2.05) is 45.0 Å². The number of rotatable bonds is 6. The lowest BCUT2D eigenvalue weighted by molar-refractivity contribution is -0.129. The Bertz CT molecular complexity index is 797. The van der Waals surface area contributed by atoms with Crippen LogP contribution in [0.25, 0.3) is 0 Å². The van der Waals surface area contributed by atoms with Gasteiger partial charge in [-0.2, -0.15) is 5.10 Å². The Kier molecular flexibility index (Phi) is 6.42. The first-order valence-electron chi connectivity index (χ1n) is 8.48. The van der Waals surface area contributed by atoms with Crippen LogP contribution in [-0.2, 0) is 16.1 Å². The molecule has 0 fully saturated rings. The molecular weight excluding hydrogens is 354 g/mol. The number of halogens is 1. The van der Waals surface area contributed by atoms with Gasteiger partial charge in [0.15, 0.2) is 6.10 Å². The fourth-order valence-corrected chi connectivity index (χ4v) is 2.74. The quantitative estimate of drug-likeness (QED) is 0.784. The summed E-state index contributed by atoms with van der Waals surface area (Å²) in [4.78, 5) is 24.4. The van der Waals surface area contributed by atoms with Gasteiger partial charge >= 0.3 is 5.97 Å². The molecule has 0 spiro atoms. The number of amides is 1. The summed E-state index contributed by atoms with van der Waals surface area (Å²) in [6.45, 7) is 9.34. The summed E-state index contributed by atoms with van der Waals surface area (Å²) in [6.07, 6.45) is -0.916. The van der Waals surface area contributed by atoms with Gasteiger partial charge < -0.3 is 10.1 Å². The van der Waals surface area contributed by atoms with Crippen molar-refractivity contribution in [3.05, 3.63) is 51.8 Å². The van der Waals surface area contributed by atoms with Crippen LogP contribution in [0.5, 0.6) is 0 Å². The van der Waals surface area contributed by atoms with E-state index in [4.69, 9.17) is 16.3 Å². The number of carbonyl (C=O) groups is 2. The highest BCUT2D eigenvalue weighted by Crippen LogP contribution is 2.22. The maximum absolute atomic E-state index is 12.5. The molecule has 7 heteroatoms.